The smallest absolute Gasteiger partial charge is 0.0736 e. The van der Waals surface area contributed by atoms with Crippen LogP contribution in [0.25, 0.3) is 30.3 Å². The minimum absolute atomic E-state index is 0.420. The molecular formula is C48H38S3. The van der Waals surface area contributed by atoms with Crippen molar-refractivity contribution >= 4 is 43.4 Å². The first-order chi connectivity index (χ1) is 24.7. The zero-order valence-electron chi connectivity index (χ0n) is 29.8. The molecular weight excluding hydrogens is 673 g/mol. The lowest BCUT2D eigenvalue weighted by Gasteiger charge is -2.35. The third kappa shape index (κ3) is 4.17. The van der Waals surface area contributed by atoms with Crippen LogP contribution in [0.15, 0.2) is 121 Å². The van der Waals surface area contributed by atoms with Gasteiger partial charge in [0, 0.05) is 29.8 Å². The van der Waals surface area contributed by atoms with E-state index in [1.807, 2.05) is 34.0 Å². The van der Waals surface area contributed by atoms with Gasteiger partial charge in [0.15, 0.2) is 0 Å². The third-order valence-corrected chi connectivity index (χ3v) is 15.0. The fraction of sp³-hybridized carbons (Fsp3) is 0.167. The van der Waals surface area contributed by atoms with E-state index < -0.39 is 10.8 Å². The monoisotopic (exact) mass is 710 g/mol. The lowest BCUT2D eigenvalue weighted by atomic mass is 9.65. The van der Waals surface area contributed by atoms with Gasteiger partial charge in [-0.3, -0.25) is 0 Å². The molecule has 0 saturated carbocycles. The van der Waals surface area contributed by atoms with E-state index in [4.69, 9.17) is 0 Å². The summed E-state index contributed by atoms with van der Waals surface area (Å²) in [6, 6.07) is 47.7. The molecule has 3 heteroatoms. The first kappa shape index (κ1) is 31.2. The van der Waals surface area contributed by atoms with Crippen LogP contribution in [0.4, 0.5) is 0 Å². The van der Waals surface area contributed by atoms with Gasteiger partial charge in [-0.25, -0.2) is 0 Å². The Kier molecular flexibility index (Phi) is 6.72. The Labute approximate surface area is 312 Å². The molecule has 0 fully saturated rings. The van der Waals surface area contributed by atoms with Crippen molar-refractivity contribution in [1.82, 2.24) is 0 Å². The van der Waals surface area contributed by atoms with Crippen LogP contribution in [0.1, 0.15) is 76.5 Å². The van der Waals surface area contributed by atoms with Crippen LogP contribution in [0.2, 0.25) is 0 Å². The van der Waals surface area contributed by atoms with Gasteiger partial charge in [-0.05, 0) is 116 Å². The van der Waals surface area contributed by atoms with Crippen LogP contribution in [0.3, 0.4) is 0 Å². The molecule has 0 nitrogen and oxygen atoms in total. The SMILES string of the molecule is Cc1ccc(C2(c3ccc(C)cc3)c3cc4c(cc3-c3sc(C)cc32)C(c2ccc(C)cc2)(c2ccc(C)cc2)c2c-4sc3cc(C)sc23)cc1. The standard InChI is InChI=1S/C48H38S3/c1-27-7-15-33(16-8-27)47(34-17-9-28(2)10-18-34)39-26-38-40(25-37(39)44-41(47)23-31(5)49-44)48(35-19-11-29(3)12-20-35,36-21-13-30(4)14-22-36)43-45(38)51-42-24-32(6)50-46(42)43/h7-26H,1-6H3. The van der Waals surface area contributed by atoms with E-state index in [0.717, 1.165) is 0 Å². The average molecular weight is 711 g/mol. The Morgan fingerprint density at radius 1 is 0.373 bits per heavy atom. The number of hydrogen-bond donors (Lipinski definition) is 0. The molecule has 0 radical (unpaired) electrons. The second-order valence-electron chi connectivity index (χ2n) is 14.9. The molecule has 2 aliphatic carbocycles. The van der Waals surface area contributed by atoms with Gasteiger partial charge in [0.25, 0.3) is 0 Å². The molecule has 0 amide bonds. The summed E-state index contributed by atoms with van der Waals surface area (Å²) in [5, 5.41) is 0. The first-order valence-corrected chi connectivity index (χ1v) is 20.3. The maximum atomic E-state index is 2.63. The number of thiophene rings is 3. The van der Waals surface area contributed by atoms with Crippen LogP contribution in [-0.4, -0.2) is 0 Å². The average Bonchev–Trinajstić information content (AvgIpc) is 3.89. The number of rotatable bonds is 4. The van der Waals surface area contributed by atoms with Crippen molar-refractivity contribution in [2.24, 2.45) is 0 Å². The number of aryl methyl sites for hydroxylation is 6. The number of hydrogen-bond acceptors (Lipinski definition) is 3. The molecule has 0 aliphatic heterocycles. The van der Waals surface area contributed by atoms with E-state index in [0.29, 0.717) is 0 Å². The molecule has 3 aromatic heterocycles. The maximum Gasteiger partial charge on any atom is 0.0736 e. The summed E-state index contributed by atoms with van der Waals surface area (Å²) in [5.74, 6) is 0. The van der Waals surface area contributed by atoms with Gasteiger partial charge in [-0.15, -0.1) is 34.0 Å². The van der Waals surface area contributed by atoms with Gasteiger partial charge < -0.3 is 0 Å². The van der Waals surface area contributed by atoms with E-state index >= 15 is 0 Å². The molecule has 3 heterocycles. The Morgan fingerprint density at radius 3 is 1.27 bits per heavy atom. The highest BCUT2D eigenvalue weighted by atomic mass is 32.1. The van der Waals surface area contributed by atoms with Crippen LogP contribution in [-0.2, 0) is 10.8 Å². The lowest BCUT2D eigenvalue weighted by molar-refractivity contribution is 0.762. The zero-order chi connectivity index (χ0) is 34.8. The molecule has 0 saturated heterocycles. The molecule has 5 aromatic carbocycles. The molecule has 51 heavy (non-hydrogen) atoms. The van der Waals surface area contributed by atoms with Crippen LogP contribution in [0, 0.1) is 41.5 Å². The van der Waals surface area contributed by atoms with E-state index in [-0.39, 0.29) is 0 Å². The topological polar surface area (TPSA) is 0 Å². The predicted octanol–water partition coefficient (Wildman–Crippen LogP) is 13.6. The Hall–Kier alpha value is -4.54. The van der Waals surface area contributed by atoms with Crippen molar-refractivity contribution in [3.05, 3.63) is 198 Å². The summed E-state index contributed by atoms with van der Waals surface area (Å²) >= 11 is 5.91. The van der Waals surface area contributed by atoms with Crippen molar-refractivity contribution in [3.8, 4) is 20.9 Å². The van der Waals surface area contributed by atoms with Crippen molar-refractivity contribution < 1.29 is 0 Å². The molecule has 10 rings (SSSR count). The normalized spacial score (nSPS) is 14.8. The summed E-state index contributed by atoms with van der Waals surface area (Å²) in [4.78, 5) is 5.55. The predicted molar refractivity (Wildman–Crippen MR) is 221 cm³/mol. The van der Waals surface area contributed by atoms with Crippen molar-refractivity contribution in [1.29, 1.82) is 0 Å². The second kappa shape index (κ2) is 11.0. The minimum Gasteiger partial charge on any atom is -0.140 e. The molecule has 0 atom stereocenters. The van der Waals surface area contributed by atoms with Gasteiger partial charge >= 0.3 is 0 Å². The summed E-state index contributed by atoms with van der Waals surface area (Å²) in [5.41, 5.74) is 18.1. The van der Waals surface area contributed by atoms with E-state index in [1.165, 1.54) is 107 Å². The van der Waals surface area contributed by atoms with Crippen LogP contribution < -0.4 is 0 Å². The van der Waals surface area contributed by atoms with Gasteiger partial charge in [-0.1, -0.05) is 119 Å². The van der Waals surface area contributed by atoms with E-state index in [2.05, 4.69) is 163 Å². The molecule has 0 spiro atoms. The van der Waals surface area contributed by atoms with Crippen molar-refractivity contribution in [2.45, 2.75) is 52.4 Å². The first-order valence-electron chi connectivity index (χ1n) is 17.8. The molecule has 248 valence electrons. The number of fused-ring (bicyclic) bond motifs is 8. The largest absolute Gasteiger partial charge is 0.140 e. The minimum atomic E-state index is -0.442. The Balaban J connectivity index is 1.39. The fourth-order valence-corrected chi connectivity index (χ4v) is 13.0. The van der Waals surface area contributed by atoms with Gasteiger partial charge in [-0.2, -0.15) is 0 Å². The van der Waals surface area contributed by atoms with Gasteiger partial charge in [0.1, 0.15) is 0 Å². The fourth-order valence-electron chi connectivity index (χ4n) is 9.17. The van der Waals surface area contributed by atoms with Crippen molar-refractivity contribution in [3.63, 3.8) is 0 Å². The molecule has 0 unspecified atom stereocenters. The Morgan fingerprint density at radius 2 is 0.784 bits per heavy atom. The maximum absolute atomic E-state index is 2.63. The summed E-state index contributed by atoms with van der Waals surface area (Å²) in [6.07, 6.45) is 0. The molecule has 0 bridgehead atoms. The highest BCUT2D eigenvalue weighted by molar-refractivity contribution is 7.30. The Bertz CT molecular complexity index is 2570. The van der Waals surface area contributed by atoms with Gasteiger partial charge in [0.05, 0.1) is 15.5 Å². The van der Waals surface area contributed by atoms with Crippen molar-refractivity contribution in [2.75, 3.05) is 0 Å². The summed E-state index contributed by atoms with van der Waals surface area (Å²) in [6.45, 7) is 13.3. The molecule has 8 aromatic rings. The van der Waals surface area contributed by atoms with E-state index in [9.17, 15) is 0 Å². The van der Waals surface area contributed by atoms with Crippen LogP contribution in [0.5, 0.6) is 0 Å². The quantitative estimate of drug-likeness (QED) is 0.171. The molecule has 2 aliphatic rings. The number of benzene rings is 5. The summed E-state index contributed by atoms with van der Waals surface area (Å²) < 4.78 is 2.83. The van der Waals surface area contributed by atoms with Gasteiger partial charge in [0.2, 0.25) is 0 Å². The highest BCUT2D eigenvalue weighted by Gasteiger charge is 2.53. The second-order valence-corrected chi connectivity index (χ2v) is 18.4. The highest BCUT2D eigenvalue weighted by Crippen LogP contribution is 2.66. The molecule has 0 N–H and O–H groups in total. The van der Waals surface area contributed by atoms with E-state index in [1.54, 1.807) is 0 Å². The zero-order valence-corrected chi connectivity index (χ0v) is 32.2. The lowest BCUT2D eigenvalue weighted by Crippen LogP contribution is -2.30. The summed E-state index contributed by atoms with van der Waals surface area (Å²) in [7, 11) is 0. The van der Waals surface area contributed by atoms with Crippen LogP contribution >= 0.6 is 34.0 Å². The third-order valence-electron chi connectivity index (χ3n) is 11.5.